The average molecular weight is 253 g/mol. The molecule has 18 heavy (non-hydrogen) atoms. The lowest BCUT2D eigenvalue weighted by molar-refractivity contribution is -0.0150. The quantitative estimate of drug-likeness (QED) is 0.656. The standard InChI is InChI=1S/C14H23NO3/c1-2-6-13(15)14(11-16)18-10-9-17-12-7-4-3-5-8-12/h3-5,7-8,13-14,16H,2,6,9-11,15H2,1H3. The van der Waals surface area contributed by atoms with Gasteiger partial charge in [0.2, 0.25) is 0 Å². The second-order valence-electron chi connectivity index (χ2n) is 4.21. The molecule has 4 heteroatoms. The van der Waals surface area contributed by atoms with E-state index in [2.05, 4.69) is 6.92 Å². The first-order chi connectivity index (χ1) is 8.77. The monoisotopic (exact) mass is 253 g/mol. The van der Waals surface area contributed by atoms with Gasteiger partial charge in [-0.2, -0.15) is 0 Å². The Balaban J connectivity index is 2.19. The van der Waals surface area contributed by atoms with Gasteiger partial charge in [0.15, 0.2) is 0 Å². The van der Waals surface area contributed by atoms with Crippen LogP contribution in [0.2, 0.25) is 0 Å². The first kappa shape index (κ1) is 15.0. The van der Waals surface area contributed by atoms with Gasteiger partial charge in [0.1, 0.15) is 12.4 Å². The van der Waals surface area contributed by atoms with Crippen LogP contribution in [0.4, 0.5) is 0 Å². The van der Waals surface area contributed by atoms with Crippen molar-refractivity contribution in [1.29, 1.82) is 0 Å². The Morgan fingerprint density at radius 2 is 1.94 bits per heavy atom. The Morgan fingerprint density at radius 3 is 2.56 bits per heavy atom. The lowest BCUT2D eigenvalue weighted by atomic mass is 10.1. The molecule has 1 aromatic rings. The third-order valence-corrected chi connectivity index (χ3v) is 2.71. The number of nitrogens with two attached hydrogens (primary N) is 1. The third kappa shape index (κ3) is 5.49. The van der Waals surface area contributed by atoms with Gasteiger partial charge in [-0.3, -0.25) is 0 Å². The van der Waals surface area contributed by atoms with E-state index in [1.165, 1.54) is 0 Å². The van der Waals surface area contributed by atoms with Crippen LogP contribution in [-0.4, -0.2) is 37.1 Å². The molecule has 0 aliphatic carbocycles. The summed E-state index contributed by atoms with van der Waals surface area (Å²) in [6, 6.07) is 9.46. The van der Waals surface area contributed by atoms with E-state index < -0.39 is 0 Å². The van der Waals surface area contributed by atoms with Crippen molar-refractivity contribution in [3.05, 3.63) is 30.3 Å². The van der Waals surface area contributed by atoms with Gasteiger partial charge in [-0.1, -0.05) is 31.5 Å². The highest BCUT2D eigenvalue weighted by Gasteiger charge is 2.16. The minimum atomic E-state index is -0.302. The summed E-state index contributed by atoms with van der Waals surface area (Å²) in [4.78, 5) is 0. The molecule has 0 radical (unpaired) electrons. The number of rotatable bonds is 9. The molecule has 0 bridgehead atoms. The summed E-state index contributed by atoms with van der Waals surface area (Å²) < 4.78 is 11.0. The first-order valence-corrected chi connectivity index (χ1v) is 6.43. The van der Waals surface area contributed by atoms with Crippen LogP contribution in [0.5, 0.6) is 5.75 Å². The van der Waals surface area contributed by atoms with Crippen LogP contribution in [0.1, 0.15) is 19.8 Å². The highest BCUT2D eigenvalue weighted by atomic mass is 16.5. The van der Waals surface area contributed by atoms with Gasteiger partial charge >= 0.3 is 0 Å². The molecule has 1 aromatic carbocycles. The van der Waals surface area contributed by atoms with Crippen molar-refractivity contribution in [3.63, 3.8) is 0 Å². The largest absolute Gasteiger partial charge is 0.491 e. The van der Waals surface area contributed by atoms with Gasteiger partial charge in [-0.05, 0) is 18.6 Å². The van der Waals surface area contributed by atoms with E-state index in [4.69, 9.17) is 15.2 Å². The van der Waals surface area contributed by atoms with Crippen LogP contribution in [-0.2, 0) is 4.74 Å². The summed E-state index contributed by atoms with van der Waals surface area (Å²) in [5, 5.41) is 9.19. The van der Waals surface area contributed by atoms with E-state index in [1.807, 2.05) is 30.3 Å². The Labute approximate surface area is 109 Å². The molecule has 4 nitrogen and oxygen atoms in total. The molecular formula is C14H23NO3. The van der Waals surface area contributed by atoms with Crippen molar-refractivity contribution in [3.8, 4) is 5.75 Å². The highest BCUT2D eigenvalue weighted by Crippen LogP contribution is 2.08. The molecule has 0 aliphatic heterocycles. The molecule has 0 fully saturated rings. The van der Waals surface area contributed by atoms with E-state index in [-0.39, 0.29) is 18.8 Å². The van der Waals surface area contributed by atoms with Crippen molar-refractivity contribution in [1.82, 2.24) is 0 Å². The number of benzene rings is 1. The minimum Gasteiger partial charge on any atom is -0.491 e. The highest BCUT2D eigenvalue weighted by molar-refractivity contribution is 5.20. The molecule has 0 spiro atoms. The SMILES string of the molecule is CCCC(N)C(CO)OCCOc1ccccc1. The van der Waals surface area contributed by atoms with Gasteiger partial charge < -0.3 is 20.3 Å². The summed E-state index contributed by atoms with van der Waals surface area (Å²) in [7, 11) is 0. The predicted octanol–water partition coefficient (Wildman–Crippen LogP) is 1.57. The molecule has 2 unspecified atom stereocenters. The number of aliphatic hydroxyl groups excluding tert-OH is 1. The summed E-state index contributed by atoms with van der Waals surface area (Å²) in [5.74, 6) is 0.819. The Hall–Kier alpha value is -1.10. The Bertz CT molecular complexity index is 305. The van der Waals surface area contributed by atoms with Gasteiger partial charge in [0.05, 0.1) is 19.3 Å². The predicted molar refractivity (Wildman–Crippen MR) is 71.6 cm³/mol. The number of para-hydroxylation sites is 1. The van der Waals surface area contributed by atoms with Crippen molar-refractivity contribution in [2.75, 3.05) is 19.8 Å². The van der Waals surface area contributed by atoms with E-state index in [0.717, 1.165) is 18.6 Å². The van der Waals surface area contributed by atoms with Crippen LogP contribution in [0.3, 0.4) is 0 Å². The van der Waals surface area contributed by atoms with Crippen molar-refractivity contribution >= 4 is 0 Å². The fraction of sp³-hybridized carbons (Fsp3) is 0.571. The summed E-state index contributed by atoms with van der Waals surface area (Å²) in [5.41, 5.74) is 5.91. The zero-order chi connectivity index (χ0) is 13.2. The first-order valence-electron chi connectivity index (χ1n) is 6.43. The number of ether oxygens (including phenoxy) is 2. The summed E-state index contributed by atoms with van der Waals surface area (Å²) >= 11 is 0. The summed E-state index contributed by atoms with van der Waals surface area (Å²) in [6.45, 7) is 2.90. The number of hydrogen-bond acceptors (Lipinski definition) is 4. The van der Waals surface area contributed by atoms with E-state index in [1.54, 1.807) is 0 Å². The maximum absolute atomic E-state index is 9.19. The zero-order valence-electron chi connectivity index (χ0n) is 10.9. The van der Waals surface area contributed by atoms with E-state index in [9.17, 15) is 5.11 Å². The Kier molecular flexibility index (Phi) is 7.41. The van der Waals surface area contributed by atoms with Crippen LogP contribution < -0.4 is 10.5 Å². The van der Waals surface area contributed by atoms with E-state index in [0.29, 0.717) is 13.2 Å². The molecule has 0 saturated carbocycles. The Morgan fingerprint density at radius 1 is 1.22 bits per heavy atom. The molecule has 0 heterocycles. The molecule has 0 aliphatic rings. The zero-order valence-corrected chi connectivity index (χ0v) is 10.9. The molecule has 0 aromatic heterocycles. The molecule has 2 atom stereocenters. The third-order valence-electron chi connectivity index (χ3n) is 2.71. The molecule has 0 amide bonds. The fourth-order valence-electron chi connectivity index (χ4n) is 1.71. The van der Waals surface area contributed by atoms with Gasteiger partial charge in [0.25, 0.3) is 0 Å². The van der Waals surface area contributed by atoms with Crippen molar-refractivity contribution < 1.29 is 14.6 Å². The van der Waals surface area contributed by atoms with Crippen LogP contribution in [0.25, 0.3) is 0 Å². The lowest BCUT2D eigenvalue weighted by Crippen LogP contribution is -2.40. The molecular weight excluding hydrogens is 230 g/mol. The van der Waals surface area contributed by atoms with Crippen LogP contribution in [0.15, 0.2) is 30.3 Å². The smallest absolute Gasteiger partial charge is 0.119 e. The van der Waals surface area contributed by atoms with Gasteiger partial charge in [-0.15, -0.1) is 0 Å². The molecule has 0 saturated heterocycles. The number of aliphatic hydroxyl groups is 1. The lowest BCUT2D eigenvalue weighted by Gasteiger charge is -2.22. The van der Waals surface area contributed by atoms with Gasteiger partial charge in [-0.25, -0.2) is 0 Å². The maximum atomic E-state index is 9.19. The normalized spacial score (nSPS) is 14.2. The van der Waals surface area contributed by atoms with Gasteiger partial charge in [0, 0.05) is 6.04 Å². The second-order valence-corrected chi connectivity index (χ2v) is 4.21. The topological polar surface area (TPSA) is 64.7 Å². The summed E-state index contributed by atoms with van der Waals surface area (Å²) in [6.07, 6.45) is 1.54. The van der Waals surface area contributed by atoms with Crippen LogP contribution >= 0.6 is 0 Å². The fourth-order valence-corrected chi connectivity index (χ4v) is 1.71. The molecule has 3 N–H and O–H groups in total. The van der Waals surface area contributed by atoms with E-state index >= 15 is 0 Å². The maximum Gasteiger partial charge on any atom is 0.119 e. The molecule has 102 valence electrons. The number of hydrogen-bond donors (Lipinski definition) is 2. The van der Waals surface area contributed by atoms with Crippen molar-refractivity contribution in [2.24, 2.45) is 5.73 Å². The van der Waals surface area contributed by atoms with Crippen molar-refractivity contribution in [2.45, 2.75) is 31.9 Å². The minimum absolute atomic E-state index is 0.0491. The van der Waals surface area contributed by atoms with Crippen LogP contribution in [0, 0.1) is 0 Å². The second kappa shape index (κ2) is 8.91. The average Bonchev–Trinajstić information content (AvgIpc) is 2.40. The molecule has 1 rings (SSSR count).